The summed E-state index contributed by atoms with van der Waals surface area (Å²) in [4.78, 5) is 24.5. The Balaban J connectivity index is 1.40. The molecule has 1 aliphatic heterocycles. The molecule has 1 heterocycles. The van der Waals surface area contributed by atoms with Gasteiger partial charge in [-0.15, -0.1) is 0 Å². The van der Waals surface area contributed by atoms with Gasteiger partial charge in [-0.25, -0.2) is 4.79 Å². The smallest absolute Gasteiger partial charge is 0.335 e. The summed E-state index contributed by atoms with van der Waals surface area (Å²) in [6.45, 7) is 0.421. The van der Waals surface area contributed by atoms with Gasteiger partial charge in [-0.05, 0) is 66.4 Å². The molecule has 1 aliphatic carbocycles. The number of methoxy groups -OCH3 is 1. The standard InChI is InChI=1S/C28H24N2O5/c1-34-25-16-19(7-14-24(25)35-17-18-5-3-2-4-6-18)15-23-26(20-8-9-20)29-30(27(23)31)22-12-10-21(11-13-22)28(32)33/h2-7,10-16,20H,8-9,17H2,1H3,(H,32,33)/b23-15-. The zero-order valence-electron chi connectivity index (χ0n) is 19.2. The zero-order chi connectivity index (χ0) is 24.4. The van der Waals surface area contributed by atoms with E-state index in [4.69, 9.17) is 14.6 Å². The lowest BCUT2D eigenvalue weighted by molar-refractivity contribution is -0.114. The Morgan fingerprint density at radius 2 is 1.80 bits per heavy atom. The van der Waals surface area contributed by atoms with Crippen molar-refractivity contribution >= 4 is 29.4 Å². The number of hydrazone groups is 1. The molecule has 1 saturated carbocycles. The lowest BCUT2D eigenvalue weighted by Crippen LogP contribution is -2.21. The first-order valence-electron chi connectivity index (χ1n) is 11.4. The summed E-state index contributed by atoms with van der Waals surface area (Å²) in [5.41, 5.74) is 3.84. The van der Waals surface area contributed by atoms with Gasteiger partial charge < -0.3 is 14.6 Å². The van der Waals surface area contributed by atoms with Crippen molar-refractivity contribution in [3.05, 3.63) is 95.1 Å². The minimum atomic E-state index is -1.02. The maximum atomic E-state index is 13.3. The second-order valence-electron chi connectivity index (χ2n) is 8.47. The van der Waals surface area contributed by atoms with E-state index in [2.05, 4.69) is 5.10 Å². The number of hydrogen-bond donors (Lipinski definition) is 1. The predicted molar refractivity (Wildman–Crippen MR) is 133 cm³/mol. The van der Waals surface area contributed by atoms with E-state index in [-0.39, 0.29) is 17.4 Å². The molecule has 0 saturated heterocycles. The molecular weight excluding hydrogens is 444 g/mol. The Hall–Kier alpha value is -4.39. The van der Waals surface area contributed by atoms with Gasteiger partial charge in [0.05, 0.1) is 29.6 Å². The first kappa shape index (κ1) is 22.4. The number of carboxylic acids is 1. The Morgan fingerprint density at radius 3 is 2.46 bits per heavy atom. The summed E-state index contributed by atoms with van der Waals surface area (Å²) in [5.74, 6) is 0.193. The number of anilines is 1. The molecule has 5 rings (SSSR count). The molecule has 3 aromatic carbocycles. The van der Waals surface area contributed by atoms with Crippen molar-refractivity contribution in [1.82, 2.24) is 0 Å². The number of benzene rings is 3. The number of amides is 1. The Labute approximate surface area is 202 Å². The van der Waals surface area contributed by atoms with Crippen molar-refractivity contribution in [1.29, 1.82) is 0 Å². The van der Waals surface area contributed by atoms with Crippen LogP contribution in [0.5, 0.6) is 11.5 Å². The van der Waals surface area contributed by atoms with Crippen LogP contribution in [-0.4, -0.2) is 29.8 Å². The van der Waals surface area contributed by atoms with Crippen molar-refractivity contribution in [3.63, 3.8) is 0 Å². The van der Waals surface area contributed by atoms with Crippen LogP contribution in [-0.2, 0) is 11.4 Å². The molecule has 3 aromatic rings. The van der Waals surface area contributed by atoms with Gasteiger partial charge in [0.2, 0.25) is 0 Å². The van der Waals surface area contributed by atoms with E-state index in [1.54, 1.807) is 19.2 Å². The largest absolute Gasteiger partial charge is 0.493 e. The maximum Gasteiger partial charge on any atom is 0.335 e. The number of rotatable bonds is 8. The highest BCUT2D eigenvalue weighted by Crippen LogP contribution is 2.39. The third-order valence-corrected chi connectivity index (χ3v) is 5.97. The number of carbonyl (C=O) groups excluding carboxylic acids is 1. The molecule has 0 bridgehead atoms. The molecule has 0 spiro atoms. The fourth-order valence-corrected chi connectivity index (χ4v) is 3.94. The van der Waals surface area contributed by atoms with Gasteiger partial charge in [-0.1, -0.05) is 36.4 Å². The van der Waals surface area contributed by atoms with Crippen LogP contribution in [0.1, 0.15) is 34.3 Å². The zero-order valence-corrected chi connectivity index (χ0v) is 19.2. The highest BCUT2D eigenvalue weighted by molar-refractivity contribution is 6.33. The molecule has 1 amide bonds. The SMILES string of the molecule is COc1cc(/C=C2\C(=O)N(c3ccc(C(=O)O)cc3)N=C2C2CC2)ccc1OCc1ccccc1. The van der Waals surface area contributed by atoms with E-state index >= 15 is 0 Å². The molecule has 2 aliphatic rings. The number of aromatic carboxylic acids is 1. The fourth-order valence-electron chi connectivity index (χ4n) is 3.94. The van der Waals surface area contributed by atoms with E-state index in [1.807, 2.05) is 54.6 Å². The lowest BCUT2D eigenvalue weighted by Gasteiger charge is -2.12. The number of carbonyl (C=O) groups is 2. The summed E-state index contributed by atoms with van der Waals surface area (Å²) in [5, 5.41) is 15.1. The number of hydrogen-bond acceptors (Lipinski definition) is 5. The minimum absolute atomic E-state index is 0.157. The Morgan fingerprint density at radius 1 is 1.06 bits per heavy atom. The highest BCUT2D eigenvalue weighted by atomic mass is 16.5. The summed E-state index contributed by atoms with van der Waals surface area (Å²) < 4.78 is 11.5. The van der Waals surface area contributed by atoms with Gasteiger partial charge in [0.25, 0.3) is 5.91 Å². The Bertz CT molecular complexity index is 1330. The molecule has 176 valence electrons. The van der Waals surface area contributed by atoms with Crippen molar-refractivity contribution in [2.75, 3.05) is 12.1 Å². The van der Waals surface area contributed by atoms with Gasteiger partial charge in [-0.2, -0.15) is 10.1 Å². The molecule has 0 aromatic heterocycles. The normalized spacial score (nSPS) is 16.4. The third-order valence-electron chi connectivity index (χ3n) is 5.97. The molecule has 0 unspecified atom stereocenters. The van der Waals surface area contributed by atoms with Gasteiger partial charge in [0.15, 0.2) is 11.5 Å². The van der Waals surface area contributed by atoms with E-state index in [1.165, 1.54) is 17.1 Å². The average Bonchev–Trinajstić information content (AvgIpc) is 3.68. The molecule has 35 heavy (non-hydrogen) atoms. The quantitative estimate of drug-likeness (QED) is 0.461. The van der Waals surface area contributed by atoms with Gasteiger partial charge >= 0.3 is 5.97 Å². The number of carboxylic acid groups (broad SMARTS) is 1. The van der Waals surface area contributed by atoms with E-state index in [0.29, 0.717) is 29.4 Å². The van der Waals surface area contributed by atoms with E-state index in [0.717, 1.165) is 29.7 Å². The van der Waals surface area contributed by atoms with Crippen LogP contribution >= 0.6 is 0 Å². The molecule has 0 atom stereocenters. The van der Waals surface area contributed by atoms with Crippen molar-refractivity contribution < 1.29 is 24.2 Å². The summed E-state index contributed by atoms with van der Waals surface area (Å²) >= 11 is 0. The van der Waals surface area contributed by atoms with E-state index < -0.39 is 5.97 Å². The fraction of sp³-hybridized carbons (Fsp3) is 0.179. The monoisotopic (exact) mass is 468 g/mol. The summed E-state index contributed by atoms with van der Waals surface area (Å²) in [6.07, 6.45) is 3.81. The molecular formula is C28H24N2O5. The van der Waals surface area contributed by atoms with Crippen molar-refractivity contribution in [2.45, 2.75) is 19.4 Å². The molecule has 7 heteroatoms. The first-order chi connectivity index (χ1) is 17.0. The predicted octanol–water partition coefficient (Wildman–Crippen LogP) is 5.17. The van der Waals surface area contributed by atoms with Gasteiger partial charge in [0, 0.05) is 5.92 Å². The topological polar surface area (TPSA) is 88.4 Å². The van der Waals surface area contributed by atoms with Crippen LogP contribution in [0.25, 0.3) is 6.08 Å². The second-order valence-corrected chi connectivity index (χ2v) is 8.47. The van der Waals surface area contributed by atoms with Crippen LogP contribution < -0.4 is 14.5 Å². The van der Waals surface area contributed by atoms with E-state index in [9.17, 15) is 9.59 Å². The summed E-state index contributed by atoms with van der Waals surface area (Å²) in [6, 6.07) is 21.6. The highest BCUT2D eigenvalue weighted by Gasteiger charge is 2.39. The number of ether oxygens (including phenoxy) is 2. The number of nitrogens with zero attached hydrogens (tertiary/aromatic N) is 2. The van der Waals surface area contributed by atoms with Crippen LogP contribution in [0.15, 0.2) is 83.5 Å². The van der Waals surface area contributed by atoms with Crippen LogP contribution in [0.4, 0.5) is 5.69 Å². The third kappa shape index (κ3) is 4.80. The Kier molecular flexibility index (Phi) is 6.06. The molecule has 0 radical (unpaired) electrons. The minimum Gasteiger partial charge on any atom is -0.493 e. The van der Waals surface area contributed by atoms with Crippen LogP contribution in [0, 0.1) is 5.92 Å². The molecule has 1 fully saturated rings. The molecule has 7 nitrogen and oxygen atoms in total. The summed E-state index contributed by atoms with van der Waals surface area (Å²) in [7, 11) is 1.59. The first-order valence-corrected chi connectivity index (χ1v) is 11.4. The average molecular weight is 469 g/mol. The van der Waals surface area contributed by atoms with Crippen LogP contribution in [0.3, 0.4) is 0 Å². The second kappa shape index (κ2) is 9.46. The maximum absolute atomic E-state index is 13.3. The van der Waals surface area contributed by atoms with Gasteiger partial charge in [-0.3, -0.25) is 4.79 Å². The molecule has 1 N–H and O–H groups in total. The lowest BCUT2D eigenvalue weighted by atomic mass is 10.0. The van der Waals surface area contributed by atoms with Crippen molar-refractivity contribution in [2.24, 2.45) is 11.0 Å². The van der Waals surface area contributed by atoms with Gasteiger partial charge in [0.1, 0.15) is 6.61 Å². The van der Waals surface area contributed by atoms with Crippen LogP contribution in [0.2, 0.25) is 0 Å². The van der Waals surface area contributed by atoms with Crippen molar-refractivity contribution in [3.8, 4) is 11.5 Å².